The van der Waals surface area contributed by atoms with Crippen LogP contribution >= 0.6 is 22.7 Å². The van der Waals surface area contributed by atoms with Crippen LogP contribution in [0, 0.1) is 11.6 Å². The van der Waals surface area contributed by atoms with Gasteiger partial charge in [-0.15, -0.1) is 21.5 Å². The molecule has 0 bridgehead atoms. The maximum absolute atomic E-state index is 14.2. The van der Waals surface area contributed by atoms with Crippen LogP contribution in [0.15, 0.2) is 42.0 Å². The second-order valence-corrected chi connectivity index (χ2v) is 9.98. The molecule has 0 aliphatic carbocycles. The Morgan fingerprint density at radius 3 is 2.78 bits per heavy atom. The number of rotatable bonds is 3. The van der Waals surface area contributed by atoms with Crippen LogP contribution in [0.4, 0.5) is 8.78 Å². The Hall–Kier alpha value is -2.98. The van der Waals surface area contributed by atoms with Crippen molar-refractivity contribution in [1.29, 1.82) is 0 Å². The van der Waals surface area contributed by atoms with E-state index in [0.717, 1.165) is 34.6 Å². The third-order valence-electron chi connectivity index (χ3n) is 5.97. The molecule has 1 aliphatic rings. The van der Waals surface area contributed by atoms with Crippen molar-refractivity contribution < 1.29 is 13.6 Å². The number of hydrogen-bond acceptors (Lipinski definition) is 6. The van der Waals surface area contributed by atoms with Crippen molar-refractivity contribution >= 4 is 28.6 Å². The van der Waals surface area contributed by atoms with E-state index < -0.39 is 17.0 Å². The Morgan fingerprint density at radius 1 is 1.25 bits per heavy atom. The van der Waals surface area contributed by atoms with Gasteiger partial charge < -0.3 is 4.90 Å². The molecule has 0 saturated carbocycles. The average molecular weight is 472 g/mol. The van der Waals surface area contributed by atoms with Crippen molar-refractivity contribution in [3.05, 3.63) is 74.7 Å². The Balaban J connectivity index is 1.51. The molecule has 1 aliphatic heterocycles. The fraction of sp³-hybridized carbons (Fsp3) is 0.273. The van der Waals surface area contributed by atoms with Gasteiger partial charge in [0, 0.05) is 47.3 Å². The van der Waals surface area contributed by atoms with E-state index >= 15 is 0 Å². The van der Waals surface area contributed by atoms with Crippen molar-refractivity contribution in [1.82, 2.24) is 24.9 Å². The Morgan fingerprint density at radius 2 is 2.06 bits per heavy atom. The zero-order valence-electron chi connectivity index (χ0n) is 17.5. The van der Waals surface area contributed by atoms with Crippen LogP contribution < -0.4 is 0 Å². The van der Waals surface area contributed by atoms with Gasteiger partial charge >= 0.3 is 0 Å². The standard InChI is InChI=1S/C22H19F2N5OS2/c1-12-15-6-7-31-18(15)22(2,13-9-25-28(3)10-13)11-29(12)21(30)20-27-26-19(32-20)16-5-4-14(23)8-17(16)24/h4-10,12H,11H2,1-3H3/t12-,22-/m1/s1. The van der Waals surface area contributed by atoms with Crippen LogP contribution in [0.25, 0.3) is 10.6 Å². The van der Waals surface area contributed by atoms with Crippen LogP contribution in [0.5, 0.6) is 0 Å². The van der Waals surface area contributed by atoms with Crippen molar-refractivity contribution in [3.63, 3.8) is 0 Å². The molecule has 10 heteroatoms. The molecule has 4 aromatic rings. The highest BCUT2D eigenvalue weighted by Crippen LogP contribution is 2.46. The summed E-state index contributed by atoms with van der Waals surface area (Å²) in [6.07, 6.45) is 3.81. The summed E-state index contributed by atoms with van der Waals surface area (Å²) >= 11 is 2.68. The minimum atomic E-state index is -0.737. The summed E-state index contributed by atoms with van der Waals surface area (Å²) in [4.78, 5) is 16.5. The summed E-state index contributed by atoms with van der Waals surface area (Å²) in [6, 6.07) is 5.16. The fourth-order valence-electron chi connectivity index (χ4n) is 4.19. The number of amides is 1. The summed E-state index contributed by atoms with van der Waals surface area (Å²) < 4.78 is 29.2. The lowest BCUT2D eigenvalue weighted by Crippen LogP contribution is -2.48. The van der Waals surface area contributed by atoms with Crippen molar-refractivity contribution in [3.8, 4) is 10.6 Å². The minimum Gasteiger partial charge on any atom is -0.328 e. The molecule has 2 atom stereocenters. The van der Waals surface area contributed by atoms with Crippen molar-refractivity contribution in [2.24, 2.45) is 7.05 Å². The second-order valence-electron chi connectivity index (χ2n) is 8.09. The zero-order chi connectivity index (χ0) is 22.6. The topological polar surface area (TPSA) is 63.9 Å². The first-order chi connectivity index (χ1) is 15.3. The first-order valence-corrected chi connectivity index (χ1v) is 11.6. The molecule has 0 N–H and O–H groups in total. The zero-order valence-corrected chi connectivity index (χ0v) is 19.2. The highest BCUT2D eigenvalue weighted by Gasteiger charge is 2.44. The minimum absolute atomic E-state index is 0.120. The second kappa shape index (κ2) is 7.56. The molecule has 1 aromatic carbocycles. The first kappa shape index (κ1) is 20.9. The lowest BCUT2D eigenvalue weighted by Gasteiger charge is -2.43. The Labute approximate surface area is 191 Å². The smallest absolute Gasteiger partial charge is 0.285 e. The largest absolute Gasteiger partial charge is 0.328 e. The molecule has 4 heterocycles. The molecule has 6 nitrogen and oxygen atoms in total. The quantitative estimate of drug-likeness (QED) is 0.431. The number of hydrogen-bond donors (Lipinski definition) is 0. The number of nitrogens with zero attached hydrogens (tertiary/aromatic N) is 5. The Bertz CT molecular complexity index is 1330. The number of aromatic nitrogens is 4. The van der Waals surface area contributed by atoms with Gasteiger partial charge in [-0.3, -0.25) is 9.48 Å². The number of carbonyl (C=O) groups excluding carboxylic acids is 1. The highest BCUT2D eigenvalue weighted by atomic mass is 32.1. The number of thiophene rings is 1. The van der Waals surface area contributed by atoms with Gasteiger partial charge in [0.25, 0.3) is 5.91 Å². The van der Waals surface area contributed by atoms with Gasteiger partial charge in [0.15, 0.2) is 5.01 Å². The maximum Gasteiger partial charge on any atom is 0.285 e. The van der Waals surface area contributed by atoms with E-state index in [1.807, 2.05) is 31.7 Å². The van der Waals surface area contributed by atoms with E-state index in [0.29, 0.717) is 6.54 Å². The number of carbonyl (C=O) groups is 1. The molecule has 0 saturated heterocycles. The van der Waals surface area contributed by atoms with Crippen LogP contribution in [-0.2, 0) is 12.5 Å². The highest BCUT2D eigenvalue weighted by molar-refractivity contribution is 7.16. The van der Waals surface area contributed by atoms with E-state index in [4.69, 9.17) is 0 Å². The van der Waals surface area contributed by atoms with Gasteiger partial charge in [0.2, 0.25) is 5.01 Å². The molecule has 0 fully saturated rings. The fourth-order valence-corrected chi connectivity index (χ4v) is 6.19. The molecule has 1 amide bonds. The summed E-state index contributed by atoms with van der Waals surface area (Å²) in [5.41, 5.74) is 1.82. The molecule has 5 rings (SSSR count). The lowest BCUT2D eigenvalue weighted by molar-refractivity contribution is 0.0629. The van der Waals surface area contributed by atoms with Gasteiger partial charge in [-0.2, -0.15) is 5.10 Å². The average Bonchev–Trinajstić information content (AvgIpc) is 3.51. The lowest BCUT2D eigenvalue weighted by atomic mass is 9.76. The molecular formula is C22H19F2N5OS2. The summed E-state index contributed by atoms with van der Waals surface area (Å²) in [7, 11) is 1.87. The van der Waals surface area contributed by atoms with E-state index in [2.05, 4.69) is 28.3 Å². The van der Waals surface area contributed by atoms with Crippen molar-refractivity contribution in [2.45, 2.75) is 25.3 Å². The third kappa shape index (κ3) is 3.25. The van der Waals surface area contributed by atoms with Gasteiger partial charge in [-0.25, -0.2) is 8.78 Å². The monoisotopic (exact) mass is 471 g/mol. The molecule has 0 unspecified atom stereocenters. The molecular weight excluding hydrogens is 452 g/mol. The van der Waals surface area contributed by atoms with Crippen molar-refractivity contribution in [2.75, 3.05) is 6.54 Å². The summed E-state index contributed by atoms with van der Waals surface area (Å²) in [6.45, 7) is 4.56. The SMILES string of the molecule is C[C@@H]1c2ccsc2[C@@](C)(c2cnn(C)c2)CN1C(=O)c1nnc(-c2ccc(F)cc2F)s1. The van der Waals surface area contributed by atoms with Crippen LogP contribution in [0.2, 0.25) is 0 Å². The van der Waals surface area contributed by atoms with E-state index in [1.54, 1.807) is 20.9 Å². The van der Waals surface area contributed by atoms with E-state index in [1.165, 1.54) is 10.9 Å². The summed E-state index contributed by atoms with van der Waals surface area (Å²) in [5, 5.41) is 14.8. The van der Waals surface area contributed by atoms with Crippen LogP contribution in [0.3, 0.4) is 0 Å². The first-order valence-electron chi connectivity index (χ1n) is 9.95. The molecule has 32 heavy (non-hydrogen) atoms. The Kier molecular flexibility index (Phi) is 4.94. The molecule has 164 valence electrons. The maximum atomic E-state index is 14.2. The predicted octanol–water partition coefficient (Wildman–Crippen LogP) is 4.80. The third-order valence-corrected chi connectivity index (χ3v) is 8.11. The molecule has 3 aromatic heterocycles. The van der Waals surface area contributed by atoms with Gasteiger partial charge in [-0.1, -0.05) is 11.3 Å². The number of aryl methyl sites for hydroxylation is 1. The van der Waals surface area contributed by atoms with E-state index in [-0.39, 0.29) is 27.5 Å². The number of halogens is 2. The number of fused-ring (bicyclic) bond motifs is 1. The van der Waals surface area contributed by atoms with Crippen LogP contribution in [-0.4, -0.2) is 37.3 Å². The molecule has 0 spiro atoms. The van der Waals surface area contributed by atoms with Gasteiger partial charge in [0.05, 0.1) is 12.2 Å². The predicted molar refractivity (Wildman–Crippen MR) is 119 cm³/mol. The summed E-state index contributed by atoms with van der Waals surface area (Å²) in [5.74, 6) is -1.68. The molecule has 0 radical (unpaired) electrons. The van der Waals surface area contributed by atoms with Crippen LogP contribution in [0.1, 0.15) is 45.7 Å². The van der Waals surface area contributed by atoms with Gasteiger partial charge in [0.1, 0.15) is 11.6 Å². The normalized spacial score (nSPS) is 20.4. The van der Waals surface area contributed by atoms with E-state index in [9.17, 15) is 13.6 Å². The number of benzene rings is 1. The van der Waals surface area contributed by atoms with Gasteiger partial charge in [-0.05, 0) is 43.0 Å².